The maximum atomic E-state index is 14.6. The number of rotatable bonds is 5. The van der Waals surface area contributed by atoms with Gasteiger partial charge < -0.3 is 5.32 Å². The Bertz CT molecular complexity index is 1630. The van der Waals surface area contributed by atoms with Gasteiger partial charge in [0.15, 0.2) is 0 Å². The van der Waals surface area contributed by atoms with Crippen molar-refractivity contribution in [2.24, 2.45) is 7.05 Å². The number of carbonyl (C=O) groups is 1. The molecular weight excluding hydrogens is 450 g/mol. The number of benzene rings is 3. The maximum Gasteiger partial charge on any atom is 0.238 e. The summed E-state index contributed by atoms with van der Waals surface area (Å²) in [7, 11) is 1.85. The summed E-state index contributed by atoms with van der Waals surface area (Å²) >= 11 is 0. The molecular formula is C26H18F2N6O. The number of aryl methyl sites for hydroxylation is 1. The Balaban J connectivity index is 1.62. The second-order valence-electron chi connectivity index (χ2n) is 8.00. The number of carbonyl (C=O) groups excluding carboxylic acids is 1. The average Bonchev–Trinajstić information content (AvgIpc) is 3.44. The smallest absolute Gasteiger partial charge is 0.238 e. The number of halogens is 2. The third-order valence-corrected chi connectivity index (χ3v) is 5.55. The van der Waals surface area contributed by atoms with Gasteiger partial charge in [0.1, 0.15) is 24.4 Å². The molecule has 7 nitrogen and oxygen atoms in total. The van der Waals surface area contributed by atoms with Crippen LogP contribution < -0.4 is 5.32 Å². The second-order valence-corrected chi connectivity index (χ2v) is 8.00. The van der Waals surface area contributed by atoms with Gasteiger partial charge >= 0.3 is 0 Å². The van der Waals surface area contributed by atoms with Gasteiger partial charge in [-0.1, -0.05) is 6.07 Å². The normalized spacial score (nSPS) is 10.9. The van der Waals surface area contributed by atoms with Crippen molar-refractivity contribution < 1.29 is 13.6 Å². The van der Waals surface area contributed by atoms with Gasteiger partial charge in [0, 0.05) is 41.8 Å². The van der Waals surface area contributed by atoms with Gasteiger partial charge in [-0.15, -0.1) is 0 Å². The summed E-state index contributed by atoms with van der Waals surface area (Å²) in [6.07, 6.45) is 5.00. The number of amides is 1. The summed E-state index contributed by atoms with van der Waals surface area (Å²) in [6, 6.07) is 16.0. The molecule has 172 valence electrons. The zero-order valence-corrected chi connectivity index (χ0v) is 18.5. The zero-order valence-electron chi connectivity index (χ0n) is 18.5. The number of nitriles is 1. The first kappa shape index (κ1) is 22.0. The molecule has 0 atom stereocenters. The molecule has 0 aliphatic heterocycles. The molecule has 0 radical (unpaired) electrons. The van der Waals surface area contributed by atoms with Gasteiger partial charge in [-0.2, -0.15) is 10.4 Å². The topological polar surface area (TPSA) is 88.5 Å². The summed E-state index contributed by atoms with van der Waals surface area (Å²) in [5.41, 5.74) is 5.03. The van der Waals surface area contributed by atoms with E-state index in [1.807, 2.05) is 36.0 Å². The molecule has 0 bridgehead atoms. The number of nitrogens with one attached hydrogen (secondary N) is 1. The highest BCUT2D eigenvalue weighted by Gasteiger charge is 2.14. The molecule has 0 aliphatic carbocycles. The molecule has 2 heterocycles. The van der Waals surface area contributed by atoms with E-state index in [0.717, 1.165) is 28.2 Å². The first-order valence-electron chi connectivity index (χ1n) is 10.6. The van der Waals surface area contributed by atoms with Crippen LogP contribution in [-0.4, -0.2) is 25.2 Å². The Morgan fingerprint density at radius 2 is 1.91 bits per heavy atom. The average molecular weight is 468 g/mol. The summed E-state index contributed by atoms with van der Waals surface area (Å²) in [6.45, 7) is 0. The van der Waals surface area contributed by atoms with E-state index < -0.39 is 17.5 Å². The van der Waals surface area contributed by atoms with Gasteiger partial charge in [-0.05, 0) is 53.6 Å². The van der Waals surface area contributed by atoms with Crippen molar-refractivity contribution >= 4 is 22.6 Å². The first-order valence-corrected chi connectivity index (χ1v) is 10.6. The van der Waals surface area contributed by atoms with Crippen molar-refractivity contribution in [1.82, 2.24) is 19.3 Å². The number of imidazole rings is 1. The van der Waals surface area contributed by atoms with Crippen molar-refractivity contribution in [2.75, 3.05) is 5.32 Å². The molecule has 5 aromatic rings. The molecule has 0 saturated carbocycles. The van der Waals surface area contributed by atoms with E-state index in [1.54, 1.807) is 41.5 Å². The Hall–Kier alpha value is -4.84. The predicted octanol–water partition coefficient (Wildman–Crippen LogP) is 5.22. The molecule has 0 aliphatic rings. The van der Waals surface area contributed by atoms with E-state index in [2.05, 4.69) is 15.4 Å². The molecule has 9 heteroatoms. The fraction of sp³-hybridized carbons (Fsp3) is 0.0769. The molecule has 2 aromatic heterocycles. The summed E-state index contributed by atoms with van der Waals surface area (Å²) in [5.74, 6) is -1.91. The minimum atomic E-state index is -0.729. The second kappa shape index (κ2) is 8.83. The van der Waals surface area contributed by atoms with E-state index >= 15 is 0 Å². The lowest BCUT2D eigenvalue weighted by Crippen LogP contribution is -2.10. The van der Waals surface area contributed by atoms with Gasteiger partial charge in [0.2, 0.25) is 5.91 Å². The quantitative estimate of drug-likeness (QED) is 0.383. The Morgan fingerprint density at radius 3 is 2.66 bits per heavy atom. The Labute approximate surface area is 198 Å². The fourth-order valence-electron chi connectivity index (χ4n) is 3.95. The molecule has 0 fully saturated rings. The highest BCUT2D eigenvalue weighted by Crippen LogP contribution is 2.31. The maximum absolute atomic E-state index is 14.6. The van der Waals surface area contributed by atoms with Crippen LogP contribution in [0.2, 0.25) is 0 Å². The van der Waals surface area contributed by atoms with Crippen LogP contribution in [0.5, 0.6) is 0 Å². The van der Waals surface area contributed by atoms with Crippen molar-refractivity contribution in [1.29, 1.82) is 5.26 Å². The van der Waals surface area contributed by atoms with Crippen molar-refractivity contribution in [3.63, 3.8) is 0 Å². The molecule has 1 N–H and O–H groups in total. The van der Waals surface area contributed by atoms with Gasteiger partial charge in [0.05, 0.1) is 23.3 Å². The third-order valence-electron chi connectivity index (χ3n) is 5.55. The monoisotopic (exact) mass is 468 g/mol. The standard InChI is InChI=1S/C26H18F2N6O/c1-33-14-18(13-31-33)16-2-5-25-24(10-16)30-15-34(25)21-9-17(22-4-3-19(27)11-23(22)28)8-20(12-21)32-26(35)6-7-29/h2-5,8-15H,6H2,1H3,(H,32,35). The first-order chi connectivity index (χ1) is 16.9. The lowest BCUT2D eigenvalue weighted by Gasteiger charge is -2.13. The molecule has 5 rings (SSSR count). The largest absolute Gasteiger partial charge is 0.325 e. The highest BCUT2D eigenvalue weighted by atomic mass is 19.1. The van der Waals surface area contributed by atoms with E-state index in [0.29, 0.717) is 16.9 Å². The molecule has 0 unspecified atom stereocenters. The summed E-state index contributed by atoms with van der Waals surface area (Å²) in [5, 5.41) is 15.7. The van der Waals surface area contributed by atoms with Crippen LogP contribution >= 0.6 is 0 Å². The Kier molecular flexibility index (Phi) is 5.55. The molecule has 0 spiro atoms. The van der Waals surface area contributed by atoms with Crippen LogP contribution in [-0.2, 0) is 11.8 Å². The summed E-state index contributed by atoms with van der Waals surface area (Å²) < 4.78 is 31.6. The lowest BCUT2D eigenvalue weighted by atomic mass is 10.0. The lowest BCUT2D eigenvalue weighted by molar-refractivity contribution is -0.115. The van der Waals surface area contributed by atoms with E-state index in [-0.39, 0.29) is 12.0 Å². The molecule has 0 saturated heterocycles. The van der Waals surface area contributed by atoms with Crippen LogP contribution in [0.25, 0.3) is 39.0 Å². The zero-order chi connectivity index (χ0) is 24.5. The molecule has 35 heavy (non-hydrogen) atoms. The van der Waals surface area contributed by atoms with Crippen LogP contribution in [0.15, 0.2) is 73.3 Å². The van der Waals surface area contributed by atoms with Gasteiger partial charge in [-0.3, -0.25) is 14.0 Å². The van der Waals surface area contributed by atoms with Crippen LogP contribution in [0, 0.1) is 23.0 Å². The minimum Gasteiger partial charge on any atom is -0.325 e. The van der Waals surface area contributed by atoms with Gasteiger partial charge in [-0.25, -0.2) is 13.8 Å². The van der Waals surface area contributed by atoms with Crippen LogP contribution in [0.4, 0.5) is 14.5 Å². The third kappa shape index (κ3) is 4.37. The number of hydrogen-bond donors (Lipinski definition) is 1. The fourth-order valence-corrected chi connectivity index (χ4v) is 3.95. The van der Waals surface area contributed by atoms with Crippen LogP contribution in [0.1, 0.15) is 6.42 Å². The van der Waals surface area contributed by atoms with Crippen LogP contribution in [0.3, 0.4) is 0 Å². The molecule has 3 aromatic carbocycles. The van der Waals surface area contributed by atoms with Crippen molar-refractivity contribution in [2.45, 2.75) is 6.42 Å². The van der Waals surface area contributed by atoms with Crippen molar-refractivity contribution in [3.8, 4) is 34.0 Å². The highest BCUT2D eigenvalue weighted by molar-refractivity contribution is 5.93. The number of aromatic nitrogens is 4. The number of hydrogen-bond acceptors (Lipinski definition) is 4. The minimum absolute atomic E-state index is 0.173. The molecule has 1 amide bonds. The predicted molar refractivity (Wildman–Crippen MR) is 127 cm³/mol. The summed E-state index contributed by atoms with van der Waals surface area (Å²) in [4.78, 5) is 16.6. The van der Waals surface area contributed by atoms with E-state index in [9.17, 15) is 13.6 Å². The van der Waals surface area contributed by atoms with Gasteiger partial charge in [0.25, 0.3) is 0 Å². The SMILES string of the molecule is Cn1cc(-c2ccc3c(c2)ncn3-c2cc(NC(=O)CC#N)cc(-c3ccc(F)cc3F)c2)cn1. The van der Waals surface area contributed by atoms with Crippen molar-refractivity contribution in [3.05, 3.63) is 85.0 Å². The Morgan fingerprint density at radius 1 is 1.06 bits per heavy atom. The van der Waals surface area contributed by atoms with E-state index in [4.69, 9.17) is 5.26 Å². The number of nitrogens with zero attached hydrogens (tertiary/aromatic N) is 5. The number of anilines is 1. The van der Waals surface area contributed by atoms with E-state index in [1.165, 1.54) is 12.1 Å². The number of fused-ring (bicyclic) bond motifs is 1.